The van der Waals surface area contributed by atoms with Gasteiger partial charge in [-0.2, -0.15) is 0 Å². The zero-order valence-corrected chi connectivity index (χ0v) is 18.4. The molecule has 0 aliphatic carbocycles. The van der Waals surface area contributed by atoms with Gasteiger partial charge in [-0.15, -0.1) is 0 Å². The standard InChI is InChI=1S/C27H25FN2O2/c1-17-12-13-21(16-18(17)2)24-19(3)29-26(22-10-7-11-23(28)25(22)31)30(27(24)32)15-14-20-8-5-4-6-9-20/h4-13,16,31H,14-15H2,1-3H3. The molecular weight excluding hydrogens is 403 g/mol. The number of para-hydroxylation sites is 1. The predicted molar refractivity (Wildman–Crippen MR) is 125 cm³/mol. The van der Waals surface area contributed by atoms with Gasteiger partial charge in [-0.1, -0.05) is 54.6 Å². The minimum absolute atomic E-state index is 0.199. The fourth-order valence-electron chi connectivity index (χ4n) is 3.88. The summed E-state index contributed by atoms with van der Waals surface area (Å²) in [5, 5.41) is 10.4. The van der Waals surface area contributed by atoms with Gasteiger partial charge in [-0.25, -0.2) is 9.37 Å². The summed E-state index contributed by atoms with van der Waals surface area (Å²) in [6.45, 7) is 6.15. The molecule has 0 bridgehead atoms. The van der Waals surface area contributed by atoms with Crippen molar-refractivity contribution in [1.29, 1.82) is 0 Å². The molecule has 1 aromatic heterocycles. The van der Waals surface area contributed by atoms with Crippen LogP contribution in [-0.4, -0.2) is 14.7 Å². The second kappa shape index (κ2) is 8.79. The third-order valence-corrected chi connectivity index (χ3v) is 5.84. The summed E-state index contributed by atoms with van der Waals surface area (Å²) in [5.74, 6) is -0.999. The minimum atomic E-state index is -0.748. The first kappa shape index (κ1) is 21.5. The van der Waals surface area contributed by atoms with Crippen LogP contribution in [0.15, 0.2) is 71.5 Å². The lowest BCUT2D eigenvalue weighted by Gasteiger charge is -2.17. The Morgan fingerprint density at radius 1 is 0.938 bits per heavy atom. The molecule has 4 nitrogen and oxygen atoms in total. The molecule has 0 amide bonds. The summed E-state index contributed by atoms with van der Waals surface area (Å²) in [6, 6.07) is 20.0. The van der Waals surface area contributed by atoms with E-state index in [-0.39, 0.29) is 16.9 Å². The third kappa shape index (κ3) is 4.06. The highest BCUT2D eigenvalue weighted by Crippen LogP contribution is 2.31. The molecule has 0 saturated carbocycles. The molecule has 0 atom stereocenters. The number of benzene rings is 3. The molecule has 162 valence electrons. The van der Waals surface area contributed by atoms with Crippen LogP contribution in [0.1, 0.15) is 22.4 Å². The average Bonchev–Trinajstić information content (AvgIpc) is 2.78. The summed E-state index contributed by atoms with van der Waals surface area (Å²) in [6.07, 6.45) is 0.598. The highest BCUT2D eigenvalue weighted by atomic mass is 19.1. The highest BCUT2D eigenvalue weighted by molar-refractivity contribution is 5.70. The van der Waals surface area contributed by atoms with Crippen molar-refractivity contribution >= 4 is 0 Å². The van der Waals surface area contributed by atoms with E-state index in [0.29, 0.717) is 24.2 Å². The van der Waals surface area contributed by atoms with Crippen LogP contribution in [0, 0.1) is 26.6 Å². The second-order valence-electron chi connectivity index (χ2n) is 8.02. The Bertz CT molecular complexity index is 1340. The topological polar surface area (TPSA) is 55.1 Å². The van der Waals surface area contributed by atoms with E-state index in [4.69, 9.17) is 0 Å². The molecule has 0 radical (unpaired) electrons. The van der Waals surface area contributed by atoms with Crippen molar-refractivity contribution in [3.63, 3.8) is 0 Å². The molecule has 1 heterocycles. The number of phenols is 1. The fraction of sp³-hybridized carbons (Fsp3) is 0.185. The van der Waals surface area contributed by atoms with Crippen LogP contribution in [0.5, 0.6) is 5.75 Å². The fourth-order valence-corrected chi connectivity index (χ4v) is 3.88. The van der Waals surface area contributed by atoms with E-state index in [1.165, 1.54) is 12.1 Å². The van der Waals surface area contributed by atoms with Crippen molar-refractivity contribution in [3.8, 4) is 28.3 Å². The molecule has 0 aliphatic rings. The maximum Gasteiger partial charge on any atom is 0.261 e. The monoisotopic (exact) mass is 428 g/mol. The van der Waals surface area contributed by atoms with Crippen LogP contribution in [-0.2, 0) is 13.0 Å². The van der Waals surface area contributed by atoms with Crippen LogP contribution in [0.4, 0.5) is 4.39 Å². The van der Waals surface area contributed by atoms with Crippen LogP contribution in [0.3, 0.4) is 0 Å². The molecule has 0 unspecified atom stereocenters. The molecule has 5 heteroatoms. The molecule has 0 aliphatic heterocycles. The number of aromatic hydroxyl groups is 1. The van der Waals surface area contributed by atoms with Gasteiger partial charge in [-0.05, 0) is 61.6 Å². The van der Waals surface area contributed by atoms with Crippen LogP contribution >= 0.6 is 0 Å². The van der Waals surface area contributed by atoms with Gasteiger partial charge < -0.3 is 5.11 Å². The first-order valence-electron chi connectivity index (χ1n) is 10.6. The molecule has 1 N–H and O–H groups in total. The number of phenolic OH excluding ortho intramolecular Hbond substituents is 1. The lowest BCUT2D eigenvalue weighted by molar-refractivity contribution is 0.433. The first-order valence-corrected chi connectivity index (χ1v) is 10.6. The van der Waals surface area contributed by atoms with Gasteiger partial charge in [0.15, 0.2) is 11.6 Å². The Kier molecular flexibility index (Phi) is 5.91. The minimum Gasteiger partial charge on any atom is -0.504 e. The van der Waals surface area contributed by atoms with Gasteiger partial charge in [0.25, 0.3) is 5.56 Å². The van der Waals surface area contributed by atoms with E-state index in [1.54, 1.807) is 17.6 Å². The largest absolute Gasteiger partial charge is 0.504 e. The molecular formula is C27H25FN2O2. The summed E-state index contributed by atoms with van der Waals surface area (Å²) >= 11 is 0. The average molecular weight is 429 g/mol. The van der Waals surface area contributed by atoms with Gasteiger partial charge in [0.2, 0.25) is 0 Å². The van der Waals surface area contributed by atoms with E-state index in [9.17, 15) is 14.3 Å². The van der Waals surface area contributed by atoms with Crippen LogP contribution < -0.4 is 5.56 Å². The van der Waals surface area contributed by atoms with E-state index >= 15 is 0 Å². The normalized spacial score (nSPS) is 11.0. The van der Waals surface area contributed by atoms with Crippen LogP contribution in [0.2, 0.25) is 0 Å². The van der Waals surface area contributed by atoms with Crippen molar-refractivity contribution in [2.45, 2.75) is 33.7 Å². The Morgan fingerprint density at radius 3 is 2.41 bits per heavy atom. The van der Waals surface area contributed by atoms with Gasteiger partial charge in [-0.3, -0.25) is 9.36 Å². The van der Waals surface area contributed by atoms with Crippen molar-refractivity contribution in [2.75, 3.05) is 0 Å². The number of aryl methyl sites for hydroxylation is 4. The maximum absolute atomic E-state index is 14.1. The lowest BCUT2D eigenvalue weighted by Crippen LogP contribution is -2.27. The SMILES string of the molecule is Cc1ccc(-c2c(C)nc(-c3cccc(F)c3O)n(CCc3ccccc3)c2=O)cc1C. The van der Waals surface area contributed by atoms with Crippen molar-refractivity contribution < 1.29 is 9.50 Å². The summed E-state index contributed by atoms with van der Waals surface area (Å²) in [7, 11) is 0. The quantitative estimate of drug-likeness (QED) is 0.451. The highest BCUT2D eigenvalue weighted by Gasteiger charge is 2.20. The molecule has 4 aromatic rings. The van der Waals surface area contributed by atoms with Gasteiger partial charge >= 0.3 is 0 Å². The maximum atomic E-state index is 14.1. The van der Waals surface area contributed by atoms with E-state index in [0.717, 1.165) is 22.3 Å². The van der Waals surface area contributed by atoms with Gasteiger partial charge in [0.05, 0.1) is 16.8 Å². The Balaban J connectivity index is 1.92. The Labute approximate surface area is 186 Å². The third-order valence-electron chi connectivity index (χ3n) is 5.84. The Hall–Kier alpha value is -3.73. The van der Waals surface area contributed by atoms with E-state index in [1.807, 2.05) is 62.4 Å². The summed E-state index contributed by atoms with van der Waals surface area (Å²) in [4.78, 5) is 18.4. The molecule has 0 fully saturated rings. The Morgan fingerprint density at radius 2 is 1.69 bits per heavy atom. The zero-order chi connectivity index (χ0) is 22.8. The number of rotatable bonds is 5. The van der Waals surface area contributed by atoms with Crippen molar-refractivity contribution in [3.05, 3.63) is 105 Å². The van der Waals surface area contributed by atoms with Gasteiger partial charge in [0.1, 0.15) is 5.82 Å². The summed E-state index contributed by atoms with van der Waals surface area (Å²) < 4.78 is 15.7. The molecule has 0 spiro atoms. The molecule has 0 saturated heterocycles. The van der Waals surface area contributed by atoms with Crippen LogP contribution in [0.25, 0.3) is 22.5 Å². The van der Waals surface area contributed by atoms with Gasteiger partial charge in [0, 0.05) is 6.54 Å². The number of hydrogen-bond acceptors (Lipinski definition) is 3. The smallest absolute Gasteiger partial charge is 0.261 e. The molecule has 3 aromatic carbocycles. The second-order valence-corrected chi connectivity index (χ2v) is 8.02. The number of hydrogen-bond donors (Lipinski definition) is 1. The predicted octanol–water partition coefficient (Wildman–Crippen LogP) is 5.59. The van der Waals surface area contributed by atoms with E-state index in [2.05, 4.69) is 4.98 Å². The van der Waals surface area contributed by atoms with Crippen molar-refractivity contribution in [1.82, 2.24) is 9.55 Å². The summed E-state index contributed by atoms with van der Waals surface area (Å²) in [5.41, 5.74) is 5.14. The van der Waals surface area contributed by atoms with E-state index < -0.39 is 11.6 Å². The first-order chi connectivity index (χ1) is 15.4. The number of aromatic nitrogens is 2. The van der Waals surface area contributed by atoms with Crippen molar-refractivity contribution in [2.24, 2.45) is 0 Å². The molecule has 32 heavy (non-hydrogen) atoms. The lowest BCUT2D eigenvalue weighted by atomic mass is 10.00. The number of halogens is 1. The zero-order valence-electron chi connectivity index (χ0n) is 18.4. The molecule has 4 rings (SSSR count). The number of nitrogens with zero attached hydrogens (tertiary/aromatic N) is 2.